The van der Waals surface area contributed by atoms with Crippen molar-refractivity contribution in [1.29, 1.82) is 0 Å². The fourth-order valence-corrected chi connectivity index (χ4v) is 2.43. The molecule has 0 saturated heterocycles. The summed E-state index contributed by atoms with van der Waals surface area (Å²) in [5.74, 6) is -0.907. The van der Waals surface area contributed by atoms with Crippen molar-refractivity contribution in [2.24, 2.45) is 0 Å². The number of amides is 2. The van der Waals surface area contributed by atoms with Crippen LogP contribution in [0.15, 0.2) is 60.7 Å². The third kappa shape index (κ3) is 8.17. The van der Waals surface area contributed by atoms with E-state index in [1.54, 1.807) is 60.7 Å². The van der Waals surface area contributed by atoms with E-state index in [1.165, 1.54) is 26.0 Å². The number of hydrogen-bond donors (Lipinski definition) is 2. The van der Waals surface area contributed by atoms with E-state index in [2.05, 4.69) is 10.6 Å². The van der Waals surface area contributed by atoms with Crippen molar-refractivity contribution in [2.75, 3.05) is 10.6 Å². The van der Waals surface area contributed by atoms with Crippen LogP contribution in [-0.4, -0.2) is 23.4 Å². The number of anilines is 2. The fourth-order valence-electron chi connectivity index (χ4n) is 2.43. The molecule has 2 aromatic carbocycles. The van der Waals surface area contributed by atoms with Gasteiger partial charge in [-0.1, -0.05) is 36.4 Å². The summed E-state index contributed by atoms with van der Waals surface area (Å²) < 4.78 is 0. The van der Waals surface area contributed by atoms with Gasteiger partial charge in [-0.2, -0.15) is 0 Å². The molecule has 2 amide bonds. The number of benzene rings is 2. The minimum atomic E-state index is -0.299. The lowest BCUT2D eigenvalue weighted by atomic mass is 10.1. The van der Waals surface area contributed by atoms with Crippen LogP contribution in [0.25, 0.3) is 12.2 Å². The number of ketones is 2. The molecule has 0 spiro atoms. The zero-order valence-electron chi connectivity index (χ0n) is 16.3. The van der Waals surface area contributed by atoms with Crippen molar-refractivity contribution in [3.8, 4) is 0 Å². The first kappa shape index (κ1) is 21.5. The molecule has 2 N–H and O–H groups in total. The predicted molar refractivity (Wildman–Crippen MR) is 114 cm³/mol. The molecule has 0 aromatic heterocycles. The Balaban J connectivity index is 1.85. The van der Waals surface area contributed by atoms with Gasteiger partial charge in [-0.05, 0) is 47.5 Å². The Morgan fingerprint density at radius 1 is 0.655 bits per heavy atom. The standard InChI is InChI=1S/C23H22N2O4/c1-16(26)24-20-9-3-18(4-10-20)7-13-22(28)15-23(29)14-8-19-5-11-21(12-6-19)25-17(2)27/h3-14H,15H2,1-2H3,(H,24,26)(H,25,27)/b13-7+,14-8+. The molecule has 0 unspecified atom stereocenters. The van der Waals surface area contributed by atoms with Crippen molar-refractivity contribution in [1.82, 2.24) is 0 Å². The molecule has 2 aromatic rings. The maximum absolute atomic E-state index is 12.0. The summed E-state index contributed by atoms with van der Waals surface area (Å²) in [5.41, 5.74) is 2.92. The molecule has 6 heteroatoms. The first-order valence-corrected chi connectivity index (χ1v) is 8.99. The Hall–Kier alpha value is -3.80. The predicted octanol–water partition coefficient (Wildman–Crippen LogP) is 3.86. The highest BCUT2D eigenvalue weighted by atomic mass is 16.2. The first-order chi connectivity index (χ1) is 13.8. The van der Waals surface area contributed by atoms with Crippen LogP contribution in [0.1, 0.15) is 31.4 Å². The Morgan fingerprint density at radius 3 is 1.31 bits per heavy atom. The van der Waals surface area contributed by atoms with E-state index < -0.39 is 0 Å². The zero-order chi connectivity index (χ0) is 21.2. The van der Waals surface area contributed by atoms with Gasteiger partial charge >= 0.3 is 0 Å². The second kappa shape index (κ2) is 10.5. The van der Waals surface area contributed by atoms with Crippen LogP contribution in [0, 0.1) is 0 Å². The normalized spacial score (nSPS) is 10.8. The second-order valence-corrected chi connectivity index (χ2v) is 6.38. The lowest BCUT2D eigenvalue weighted by Crippen LogP contribution is -2.05. The molecular weight excluding hydrogens is 368 g/mol. The summed E-state index contributed by atoms with van der Waals surface area (Å²) in [7, 11) is 0. The van der Waals surface area contributed by atoms with Gasteiger partial charge in [0.05, 0.1) is 6.42 Å². The minimum Gasteiger partial charge on any atom is -0.326 e. The van der Waals surface area contributed by atoms with Gasteiger partial charge in [0.1, 0.15) is 0 Å². The third-order valence-electron chi connectivity index (χ3n) is 3.73. The van der Waals surface area contributed by atoms with Crippen molar-refractivity contribution in [3.05, 3.63) is 71.8 Å². The molecule has 29 heavy (non-hydrogen) atoms. The van der Waals surface area contributed by atoms with Crippen LogP contribution in [-0.2, 0) is 19.2 Å². The fraction of sp³-hybridized carbons (Fsp3) is 0.130. The molecule has 0 atom stereocenters. The Labute approximate surface area is 169 Å². The molecule has 0 radical (unpaired) electrons. The largest absolute Gasteiger partial charge is 0.326 e. The lowest BCUT2D eigenvalue weighted by molar-refractivity contribution is -0.122. The maximum atomic E-state index is 12.0. The Kier molecular flexibility index (Phi) is 7.79. The summed E-state index contributed by atoms with van der Waals surface area (Å²) in [6.07, 6.45) is 5.75. The molecule has 0 aliphatic rings. The Morgan fingerprint density at radius 2 is 1.00 bits per heavy atom. The summed E-state index contributed by atoms with van der Waals surface area (Å²) in [6, 6.07) is 14.0. The van der Waals surface area contributed by atoms with Crippen LogP contribution < -0.4 is 10.6 Å². The average Bonchev–Trinajstić information content (AvgIpc) is 2.66. The monoisotopic (exact) mass is 390 g/mol. The van der Waals surface area contributed by atoms with Crippen LogP contribution in [0.3, 0.4) is 0 Å². The van der Waals surface area contributed by atoms with Gasteiger partial charge in [0.25, 0.3) is 0 Å². The molecule has 0 aliphatic carbocycles. The highest BCUT2D eigenvalue weighted by molar-refractivity contribution is 6.10. The van der Waals surface area contributed by atoms with E-state index in [0.29, 0.717) is 11.4 Å². The van der Waals surface area contributed by atoms with E-state index >= 15 is 0 Å². The average molecular weight is 390 g/mol. The third-order valence-corrected chi connectivity index (χ3v) is 3.73. The van der Waals surface area contributed by atoms with E-state index in [0.717, 1.165) is 11.1 Å². The van der Waals surface area contributed by atoms with Gasteiger partial charge in [0.2, 0.25) is 11.8 Å². The number of nitrogens with one attached hydrogen (secondary N) is 2. The molecule has 6 nitrogen and oxygen atoms in total. The summed E-state index contributed by atoms with van der Waals surface area (Å²) >= 11 is 0. The molecule has 0 saturated carbocycles. The lowest BCUT2D eigenvalue weighted by Gasteiger charge is -2.01. The molecule has 148 valence electrons. The topological polar surface area (TPSA) is 92.3 Å². The summed E-state index contributed by atoms with van der Waals surface area (Å²) in [4.78, 5) is 45.9. The second-order valence-electron chi connectivity index (χ2n) is 6.38. The van der Waals surface area contributed by atoms with Crippen LogP contribution in [0.5, 0.6) is 0 Å². The van der Waals surface area contributed by atoms with Gasteiger partial charge in [-0.15, -0.1) is 0 Å². The minimum absolute atomic E-state index is 0.154. The van der Waals surface area contributed by atoms with Crippen LogP contribution in [0.4, 0.5) is 11.4 Å². The summed E-state index contributed by atoms with van der Waals surface area (Å²) in [6.45, 7) is 2.86. The van der Waals surface area contributed by atoms with E-state index in [4.69, 9.17) is 0 Å². The van der Waals surface area contributed by atoms with Gasteiger partial charge in [0.15, 0.2) is 11.6 Å². The van der Waals surface area contributed by atoms with Crippen molar-refractivity contribution in [2.45, 2.75) is 20.3 Å². The Bertz CT molecular complexity index is 876. The number of carbonyl (C=O) groups is 4. The van der Waals surface area contributed by atoms with Gasteiger partial charge in [-0.25, -0.2) is 0 Å². The van der Waals surface area contributed by atoms with Crippen LogP contribution >= 0.6 is 0 Å². The first-order valence-electron chi connectivity index (χ1n) is 8.99. The van der Waals surface area contributed by atoms with Gasteiger partial charge in [-0.3, -0.25) is 19.2 Å². The van der Waals surface area contributed by atoms with Crippen molar-refractivity contribution < 1.29 is 19.2 Å². The van der Waals surface area contributed by atoms with Gasteiger partial charge < -0.3 is 10.6 Å². The molecule has 0 aliphatic heterocycles. The quantitative estimate of drug-likeness (QED) is 0.529. The molecule has 0 bridgehead atoms. The molecule has 0 fully saturated rings. The van der Waals surface area contributed by atoms with Crippen LogP contribution in [0.2, 0.25) is 0 Å². The highest BCUT2D eigenvalue weighted by Gasteiger charge is 2.04. The van der Waals surface area contributed by atoms with Crippen molar-refractivity contribution >= 4 is 46.9 Å². The molecule has 2 rings (SSSR count). The van der Waals surface area contributed by atoms with E-state index in [9.17, 15) is 19.2 Å². The summed E-state index contributed by atoms with van der Waals surface area (Å²) in [5, 5.41) is 5.32. The number of hydrogen-bond acceptors (Lipinski definition) is 4. The number of allylic oxidation sites excluding steroid dienone is 2. The highest BCUT2D eigenvalue weighted by Crippen LogP contribution is 2.12. The van der Waals surface area contributed by atoms with E-state index in [-0.39, 0.29) is 29.8 Å². The maximum Gasteiger partial charge on any atom is 0.221 e. The SMILES string of the molecule is CC(=O)Nc1ccc(/C=C/C(=O)CC(=O)/C=C/c2ccc(NC(C)=O)cc2)cc1. The smallest absolute Gasteiger partial charge is 0.221 e. The molecule has 0 heterocycles. The number of carbonyl (C=O) groups excluding carboxylic acids is 4. The molecular formula is C23H22N2O4. The van der Waals surface area contributed by atoms with Crippen molar-refractivity contribution in [3.63, 3.8) is 0 Å². The van der Waals surface area contributed by atoms with Gasteiger partial charge in [0, 0.05) is 25.2 Å². The van der Waals surface area contributed by atoms with E-state index in [1.807, 2.05) is 0 Å². The number of rotatable bonds is 8. The zero-order valence-corrected chi connectivity index (χ0v) is 16.3.